The summed E-state index contributed by atoms with van der Waals surface area (Å²) < 4.78 is 0. The maximum Gasteiger partial charge on any atom is 0.226 e. The van der Waals surface area contributed by atoms with Crippen molar-refractivity contribution in [2.24, 2.45) is 5.92 Å². The summed E-state index contributed by atoms with van der Waals surface area (Å²) in [5.74, 6) is 2.76. The minimum Gasteiger partial charge on any atom is -0.338 e. The Hall–Kier alpha value is 0.110. The molecule has 0 spiro atoms. The van der Waals surface area contributed by atoms with Gasteiger partial charge in [-0.1, -0.05) is 0 Å². The fourth-order valence-corrected chi connectivity index (χ4v) is 3.82. The number of halogens is 1. The first-order valence-electron chi connectivity index (χ1n) is 5.70. The molecule has 2 fully saturated rings. The molecule has 0 aromatic heterocycles. The van der Waals surface area contributed by atoms with Crippen molar-refractivity contribution in [2.45, 2.75) is 37.6 Å². The Morgan fingerprint density at radius 3 is 2.87 bits per heavy atom. The molecule has 0 N–H and O–H groups in total. The van der Waals surface area contributed by atoms with Gasteiger partial charge in [-0.3, -0.25) is 4.79 Å². The lowest BCUT2D eigenvalue weighted by atomic mass is 9.99. The number of carbonyl (C=O) groups excluding carboxylic acids is 1. The minimum atomic E-state index is 0.166. The van der Waals surface area contributed by atoms with E-state index in [0.29, 0.717) is 11.9 Å². The van der Waals surface area contributed by atoms with Crippen molar-refractivity contribution in [2.75, 3.05) is 18.1 Å². The molecular weight excluding hydrogens is 230 g/mol. The molecule has 86 valence electrons. The highest BCUT2D eigenvalue weighted by Gasteiger charge is 2.33. The molecule has 0 aromatic carbocycles. The molecule has 2 aliphatic rings. The zero-order valence-corrected chi connectivity index (χ0v) is 10.7. The van der Waals surface area contributed by atoms with Crippen molar-refractivity contribution >= 4 is 29.3 Å². The molecular formula is C11H18ClNOS. The van der Waals surface area contributed by atoms with E-state index in [0.717, 1.165) is 37.3 Å². The second kappa shape index (κ2) is 4.96. The molecule has 4 heteroatoms. The van der Waals surface area contributed by atoms with Crippen LogP contribution in [0.4, 0.5) is 0 Å². The summed E-state index contributed by atoms with van der Waals surface area (Å²) in [5.41, 5.74) is 0. The molecule has 0 radical (unpaired) electrons. The van der Waals surface area contributed by atoms with Crippen LogP contribution in [0.2, 0.25) is 0 Å². The SMILES string of the molecule is CC1CCC(Cl)CN1C(=O)C1CCSC1. The molecule has 2 saturated heterocycles. The maximum absolute atomic E-state index is 12.2. The van der Waals surface area contributed by atoms with Crippen LogP contribution in [-0.4, -0.2) is 40.3 Å². The van der Waals surface area contributed by atoms with Crippen molar-refractivity contribution < 1.29 is 4.79 Å². The summed E-state index contributed by atoms with van der Waals surface area (Å²) in [5, 5.41) is 0.166. The first-order chi connectivity index (χ1) is 7.18. The van der Waals surface area contributed by atoms with Gasteiger partial charge in [-0.05, 0) is 31.9 Å². The first-order valence-corrected chi connectivity index (χ1v) is 7.30. The number of amides is 1. The van der Waals surface area contributed by atoms with Gasteiger partial charge in [0.2, 0.25) is 5.91 Å². The number of carbonyl (C=O) groups is 1. The third-order valence-corrected chi connectivity index (χ3v) is 4.91. The van der Waals surface area contributed by atoms with E-state index in [1.165, 1.54) is 0 Å². The Balaban J connectivity index is 1.97. The van der Waals surface area contributed by atoms with Gasteiger partial charge in [0, 0.05) is 24.3 Å². The molecule has 0 bridgehead atoms. The van der Waals surface area contributed by atoms with Gasteiger partial charge in [0.15, 0.2) is 0 Å². The first kappa shape index (κ1) is 11.6. The number of nitrogens with zero attached hydrogens (tertiary/aromatic N) is 1. The van der Waals surface area contributed by atoms with Crippen LogP contribution in [0.25, 0.3) is 0 Å². The largest absolute Gasteiger partial charge is 0.338 e. The Kier molecular flexibility index (Phi) is 3.83. The Morgan fingerprint density at radius 1 is 1.40 bits per heavy atom. The van der Waals surface area contributed by atoms with Crippen LogP contribution < -0.4 is 0 Å². The summed E-state index contributed by atoms with van der Waals surface area (Å²) in [6, 6.07) is 0.387. The van der Waals surface area contributed by atoms with E-state index in [4.69, 9.17) is 11.6 Å². The van der Waals surface area contributed by atoms with Crippen molar-refractivity contribution in [1.82, 2.24) is 4.90 Å². The Bertz CT molecular complexity index is 243. The normalized spacial score (nSPS) is 36.9. The summed E-state index contributed by atoms with van der Waals surface area (Å²) in [4.78, 5) is 14.2. The highest BCUT2D eigenvalue weighted by atomic mass is 35.5. The van der Waals surface area contributed by atoms with E-state index in [2.05, 4.69) is 6.92 Å². The molecule has 2 rings (SSSR count). The van der Waals surface area contributed by atoms with Crippen LogP contribution in [-0.2, 0) is 4.79 Å². The van der Waals surface area contributed by atoms with Gasteiger partial charge in [0.05, 0.1) is 5.38 Å². The van der Waals surface area contributed by atoms with Crippen molar-refractivity contribution in [1.29, 1.82) is 0 Å². The lowest BCUT2D eigenvalue weighted by Crippen LogP contribution is -2.48. The molecule has 0 saturated carbocycles. The molecule has 2 heterocycles. The van der Waals surface area contributed by atoms with Crippen LogP contribution in [0.3, 0.4) is 0 Å². The second-order valence-electron chi connectivity index (χ2n) is 4.57. The maximum atomic E-state index is 12.2. The van der Waals surface area contributed by atoms with Crippen molar-refractivity contribution in [3.05, 3.63) is 0 Å². The Labute approximate surface area is 101 Å². The van der Waals surface area contributed by atoms with E-state index >= 15 is 0 Å². The number of hydrogen-bond donors (Lipinski definition) is 0. The standard InChI is InChI=1S/C11H18ClNOS/c1-8-2-3-10(12)6-13(8)11(14)9-4-5-15-7-9/h8-10H,2-7H2,1H3. The van der Waals surface area contributed by atoms with Crippen LogP contribution in [0.1, 0.15) is 26.2 Å². The van der Waals surface area contributed by atoms with Crippen LogP contribution in [0.15, 0.2) is 0 Å². The smallest absolute Gasteiger partial charge is 0.226 e. The molecule has 2 aliphatic heterocycles. The fraction of sp³-hybridized carbons (Fsp3) is 0.909. The van der Waals surface area contributed by atoms with Gasteiger partial charge in [-0.15, -0.1) is 11.6 Å². The summed E-state index contributed by atoms with van der Waals surface area (Å²) in [6.45, 7) is 2.89. The molecule has 0 aliphatic carbocycles. The molecule has 0 aromatic rings. The van der Waals surface area contributed by atoms with Crippen LogP contribution in [0.5, 0.6) is 0 Å². The summed E-state index contributed by atoms with van der Waals surface area (Å²) in [6.07, 6.45) is 3.16. The van der Waals surface area contributed by atoms with E-state index < -0.39 is 0 Å². The van der Waals surface area contributed by atoms with E-state index in [9.17, 15) is 4.79 Å². The summed E-state index contributed by atoms with van der Waals surface area (Å²) in [7, 11) is 0. The molecule has 2 nitrogen and oxygen atoms in total. The summed E-state index contributed by atoms with van der Waals surface area (Å²) >= 11 is 8.02. The number of likely N-dealkylation sites (tertiary alicyclic amines) is 1. The molecule has 3 atom stereocenters. The predicted molar refractivity (Wildman–Crippen MR) is 65.5 cm³/mol. The number of rotatable bonds is 1. The zero-order valence-electron chi connectivity index (χ0n) is 9.12. The van der Waals surface area contributed by atoms with E-state index in [-0.39, 0.29) is 11.3 Å². The molecule has 15 heavy (non-hydrogen) atoms. The number of piperidine rings is 1. The highest BCUT2D eigenvalue weighted by Crippen LogP contribution is 2.29. The minimum absolute atomic E-state index is 0.166. The van der Waals surface area contributed by atoms with E-state index in [1.807, 2.05) is 16.7 Å². The lowest BCUT2D eigenvalue weighted by molar-refractivity contribution is -0.137. The number of thioether (sulfide) groups is 1. The van der Waals surface area contributed by atoms with Gasteiger partial charge in [0.25, 0.3) is 0 Å². The van der Waals surface area contributed by atoms with Crippen LogP contribution >= 0.6 is 23.4 Å². The highest BCUT2D eigenvalue weighted by molar-refractivity contribution is 7.99. The predicted octanol–water partition coefficient (Wildman–Crippen LogP) is 2.36. The van der Waals surface area contributed by atoms with Crippen molar-refractivity contribution in [3.8, 4) is 0 Å². The Morgan fingerprint density at radius 2 is 2.20 bits per heavy atom. The monoisotopic (exact) mass is 247 g/mol. The molecule has 1 amide bonds. The topological polar surface area (TPSA) is 20.3 Å². The van der Waals surface area contributed by atoms with Gasteiger partial charge in [-0.2, -0.15) is 11.8 Å². The van der Waals surface area contributed by atoms with Gasteiger partial charge in [0.1, 0.15) is 0 Å². The average molecular weight is 248 g/mol. The average Bonchev–Trinajstić information content (AvgIpc) is 2.74. The number of hydrogen-bond acceptors (Lipinski definition) is 2. The van der Waals surface area contributed by atoms with Crippen molar-refractivity contribution in [3.63, 3.8) is 0 Å². The third kappa shape index (κ3) is 2.62. The van der Waals surface area contributed by atoms with E-state index in [1.54, 1.807) is 0 Å². The van der Waals surface area contributed by atoms with Crippen LogP contribution in [0, 0.1) is 5.92 Å². The second-order valence-corrected chi connectivity index (χ2v) is 6.34. The lowest BCUT2D eigenvalue weighted by Gasteiger charge is -2.37. The van der Waals surface area contributed by atoms with Gasteiger partial charge in [-0.25, -0.2) is 0 Å². The van der Waals surface area contributed by atoms with Gasteiger partial charge < -0.3 is 4.90 Å². The fourth-order valence-electron chi connectivity index (χ4n) is 2.33. The number of alkyl halides is 1. The quantitative estimate of drug-likeness (QED) is 0.663. The zero-order chi connectivity index (χ0) is 10.8. The molecule has 3 unspecified atom stereocenters. The third-order valence-electron chi connectivity index (χ3n) is 3.39. The van der Waals surface area contributed by atoms with Gasteiger partial charge >= 0.3 is 0 Å².